The highest BCUT2D eigenvalue weighted by Gasteiger charge is 2.49. The minimum atomic E-state index is -1.83. The topological polar surface area (TPSA) is 57.6 Å². The van der Waals surface area contributed by atoms with Crippen molar-refractivity contribution in [2.75, 3.05) is 11.9 Å². The lowest BCUT2D eigenvalue weighted by Gasteiger charge is -2.21. The summed E-state index contributed by atoms with van der Waals surface area (Å²) in [6, 6.07) is 12.7. The highest BCUT2D eigenvalue weighted by atomic mass is 79.9. The summed E-state index contributed by atoms with van der Waals surface area (Å²) < 4.78 is 0.754. The second kappa shape index (κ2) is 6.73. The van der Waals surface area contributed by atoms with Crippen molar-refractivity contribution in [3.8, 4) is 0 Å². The Morgan fingerprint density at radius 2 is 1.88 bits per heavy atom. The van der Waals surface area contributed by atoms with Crippen LogP contribution in [0.2, 0.25) is 0 Å². The van der Waals surface area contributed by atoms with Gasteiger partial charge in [-0.1, -0.05) is 53.5 Å². The average Bonchev–Trinajstić information content (AvgIpc) is 2.77. The average molecular weight is 402 g/mol. The molecule has 4 nitrogen and oxygen atoms in total. The number of Topliss-reactive ketones (excluding diaryl/α,β-unsaturated/α-hetero) is 1. The van der Waals surface area contributed by atoms with Gasteiger partial charge in [0.2, 0.25) is 0 Å². The lowest BCUT2D eigenvalue weighted by Crippen LogP contribution is -2.40. The summed E-state index contributed by atoms with van der Waals surface area (Å²) in [6.07, 6.45) is 1.73. The van der Waals surface area contributed by atoms with Crippen LogP contribution < -0.4 is 4.90 Å². The molecular weight excluding hydrogens is 382 g/mol. The second-order valence-electron chi connectivity index (χ2n) is 6.43. The van der Waals surface area contributed by atoms with Crippen LogP contribution in [0.3, 0.4) is 0 Å². The molecular formula is C20H20BrNO3. The van der Waals surface area contributed by atoms with Gasteiger partial charge in [-0.15, -0.1) is 0 Å². The Bertz CT molecular complexity index is 831. The molecule has 5 heteroatoms. The first-order valence-electron chi connectivity index (χ1n) is 8.29. The molecule has 1 aliphatic heterocycles. The molecule has 0 saturated carbocycles. The predicted octanol–water partition coefficient (Wildman–Crippen LogP) is 3.84. The van der Waals surface area contributed by atoms with Crippen LogP contribution in [-0.4, -0.2) is 23.8 Å². The van der Waals surface area contributed by atoms with Gasteiger partial charge in [-0.3, -0.25) is 9.59 Å². The summed E-state index contributed by atoms with van der Waals surface area (Å²) >= 11 is 3.36. The van der Waals surface area contributed by atoms with Crippen molar-refractivity contribution >= 4 is 33.3 Å². The van der Waals surface area contributed by atoms with Crippen molar-refractivity contribution in [3.63, 3.8) is 0 Å². The van der Waals surface area contributed by atoms with Crippen molar-refractivity contribution in [3.05, 3.63) is 63.6 Å². The van der Waals surface area contributed by atoms with Crippen molar-refractivity contribution in [2.24, 2.45) is 0 Å². The Labute approximate surface area is 155 Å². The van der Waals surface area contributed by atoms with Crippen molar-refractivity contribution in [1.29, 1.82) is 0 Å². The van der Waals surface area contributed by atoms with E-state index < -0.39 is 11.5 Å². The van der Waals surface area contributed by atoms with Gasteiger partial charge in [0, 0.05) is 22.6 Å². The summed E-state index contributed by atoms with van der Waals surface area (Å²) in [5, 5.41) is 11.0. The van der Waals surface area contributed by atoms with Gasteiger partial charge >= 0.3 is 0 Å². The maximum atomic E-state index is 12.7. The normalized spacial score (nSPS) is 19.2. The molecule has 130 valence electrons. The standard InChI is InChI=1S/C20H20BrNO3/c1-3-4-13-5-7-14(8-6-13)18(23)12-20(25)16-11-15(21)9-10-17(16)22(2)19(20)24/h5-11,25H,3-4,12H2,1-2H3/t20-/m0/s1. The van der Waals surface area contributed by atoms with Crippen LogP contribution in [0.1, 0.15) is 41.3 Å². The number of aliphatic hydroxyl groups is 1. The zero-order valence-electron chi connectivity index (χ0n) is 14.3. The van der Waals surface area contributed by atoms with Crippen molar-refractivity contribution in [1.82, 2.24) is 0 Å². The highest BCUT2D eigenvalue weighted by molar-refractivity contribution is 9.10. The number of rotatable bonds is 5. The van der Waals surface area contributed by atoms with Gasteiger partial charge in [-0.2, -0.15) is 0 Å². The monoisotopic (exact) mass is 401 g/mol. The van der Waals surface area contributed by atoms with Gasteiger partial charge in [0.1, 0.15) is 0 Å². The van der Waals surface area contributed by atoms with Gasteiger partial charge in [0.05, 0.1) is 12.1 Å². The first-order chi connectivity index (χ1) is 11.9. The Kier molecular flexibility index (Phi) is 4.80. The molecule has 0 spiro atoms. The SMILES string of the molecule is CCCc1ccc(C(=O)C[C@@]2(O)C(=O)N(C)c3ccc(Br)cc32)cc1. The van der Waals surface area contributed by atoms with Crippen molar-refractivity contribution < 1.29 is 14.7 Å². The lowest BCUT2D eigenvalue weighted by molar-refractivity contribution is -0.135. The molecule has 0 aliphatic carbocycles. The lowest BCUT2D eigenvalue weighted by atomic mass is 9.88. The van der Waals surface area contributed by atoms with E-state index >= 15 is 0 Å². The molecule has 0 radical (unpaired) electrons. The summed E-state index contributed by atoms with van der Waals surface area (Å²) in [5.41, 5.74) is 0.940. The fourth-order valence-electron chi connectivity index (χ4n) is 3.29. The fourth-order valence-corrected chi connectivity index (χ4v) is 3.65. The van der Waals surface area contributed by atoms with E-state index in [4.69, 9.17) is 0 Å². The number of hydrogen-bond donors (Lipinski definition) is 1. The number of fused-ring (bicyclic) bond motifs is 1. The third kappa shape index (κ3) is 3.14. The smallest absolute Gasteiger partial charge is 0.263 e. The summed E-state index contributed by atoms with van der Waals surface area (Å²) in [4.78, 5) is 26.7. The molecule has 1 atom stereocenters. The van der Waals surface area contributed by atoms with E-state index in [1.807, 2.05) is 18.2 Å². The van der Waals surface area contributed by atoms with Crippen LogP contribution in [0.4, 0.5) is 5.69 Å². The number of ketones is 1. The van der Waals surface area contributed by atoms with E-state index in [9.17, 15) is 14.7 Å². The van der Waals surface area contributed by atoms with Crippen LogP contribution in [0.15, 0.2) is 46.9 Å². The molecule has 1 heterocycles. The van der Waals surface area contributed by atoms with Gasteiger partial charge in [0.15, 0.2) is 11.4 Å². The number of halogens is 1. The Balaban J connectivity index is 1.90. The minimum Gasteiger partial charge on any atom is -0.375 e. The molecule has 0 bridgehead atoms. The van der Waals surface area contributed by atoms with Crippen molar-refractivity contribution in [2.45, 2.75) is 31.8 Å². The number of carbonyl (C=O) groups excluding carboxylic acids is 2. The zero-order valence-corrected chi connectivity index (χ0v) is 15.8. The number of carbonyl (C=O) groups is 2. The van der Waals surface area contributed by atoms with Crippen LogP contribution in [0.25, 0.3) is 0 Å². The number of amides is 1. The predicted molar refractivity (Wildman–Crippen MR) is 101 cm³/mol. The molecule has 0 aromatic heterocycles. The molecule has 1 amide bonds. The minimum absolute atomic E-state index is 0.250. The number of benzene rings is 2. The van der Waals surface area contributed by atoms with E-state index in [0.29, 0.717) is 16.8 Å². The van der Waals surface area contributed by atoms with E-state index in [0.717, 1.165) is 17.3 Å². The van der Waals surface area contributed by atoms with Gasteiger partial charge in [-0.05, 0) is 30.2 Å². The zero-order chi connectivity index (χ0) is 18.2. The van der Waals surface area contributed by atoms with Crippen LogP contribution in [0, 0.1) is 0 Å². The third-order valence-electron chi connectivity index (χ3n) is 4.65. The summed E-state index contributed by atoms with van der Waals surface area (Å²) in [6.45, 7) is 2.10. The van der Waals surface area contributed by atoms with Gasteiger partial charge in [-0.25, -0.2) is 0 Å². The van der Waals surface area contributed by atoms with E-state index in [2.05, 4.69) is 22.9 Å². The van der Waals surface area contributed by atoms with E-state index in [1.54, 1.807) is 31.3 Å². The Morgan fingerprint density at radius 1 is 1.20 bits per heavy atom. The second-order valence-corrected chi connectivity index (χ2v) is 7.35. The van der Waals surface area contributed by atoms with Gasteiger partial charge in [0.25, 0.3) is 5.91 Å². The molecule has 2 aromatic rings. The number of nitrogens with zero attached hydrogens (tertiary/aromatic N) is 1. The van der Waals surface area contributed by atoms with E-state index in [1.165, 1.54) is 10.5 Å². The molecule has 0 saturated heterocycles. The molecule has 3 rings (SSSR count). The molecule has 1 N–H and O–H groups in total. The molecule has 0 unspecified atom stereocenters. The first kappa shape index (κ1) is 17.8. The van der Waals surface area contributed by atoms with E-state index in [-0.39, 0.29) is 12.2 Å². The largest absolute Gasteiger partial charge is 0.375 e. The van der Waals surface area contributed by atoms with Crippen LogP contribution in [0.5, 0.6) is 0 Å². The van der Waals surface area contributed by atoms with Gasteiger partial charge < -0.3 is 10.0 Å². The Morgan fingerprint density at radius 3 is 2.52 bits per heavy atom. The maximum Gasteiger partial charge on any atom is 0.263 e. The maximum absolute atomic E-state index is 12.7. The number of likely N-dealkylation sites (N-methyl/N-ethyl adjacent to an activating group) is 1. The summed E-state index contributed by atoms with van der Waals surface area (Å²) in [7, 11) is 1.61. The van der Waals surface area contributed by atoms with Crippen LogP contribution >= 0.6 is 15.9 Å². The summed E-state index contributed by atoms with van der Waals surface area (Å²) in [5.74, 6) is -0.725. The number of aryl methyl sites for hydroxylation is 1. The third-order valence-corrected chi connectivity index (χ3v) is 5.15. The quantitative estimate of drug-likeness (QED) is 0.774. The molecule has 2 aromatic carbocycles. The number of hydrogen-bond acceptors (Lipinski definition) is 3. The first-order valence-corrected chi connectivity index (χ1v) is 9.09. The molecule has 0 fully saturated rings. The fraction of sp³-hybridized carbons (Fsp3) is 0.300. The van der Waals surface area contributed by atoms with Crippen LogP contribution in [-0.2, 0) is 16.8 Å². The molecule has 25 heavy (non-hydrogen) atoms. The Hall–Kier alpha value is -1.98. The molecule has 1 aliphatic rings. The highest BCUT2D eigenvalue weighted by Crippen LogP contribution is 2.43. The number of anilines is 1.